The van der Waals surface area contributed by atoms with Crippen LogP contribution in [0.5, 0.6) is 0 Å². The van der Waals surface area contributed by atoms with Crippen molar-refractivity contribution in [2.24, 2.45) is 4.99 Å². The lowest BCUT2D eigenvalue weighted by atomic mass is 10.2. The van der Waals surface area contributed by atoms with Crippen LogP contribution in [0.15, 0.2) is 76.9 Å². The van der Waals surface area contributed by atoms with Crippen LogP contribution in [0.2, 0.25) is 0 Å². The van der Waals surface area contributed by atoms with Gasteiger partial charge in [-0.25, -0.2) is 0 Å². The number of para-hydroxylation sites is 2. The molecule has 1 aromatic heterocycles. The Hall–Kier alpha value is -3.52. The number of hydrogen-bond donors (Lipinski definition) is 0. The summed E-state index contributed by atoms with van der Waals surface area (Å²) in [5, 5.41) is 0. The first-order valence-electron chi connectivity index (χ1n) is 10.0. The first-order valence-corrected chi connectivity index (χ1v) is 11.6. The largest absolute Gasteiger partial charge is 0.354 e. The van der Waals surface area contributed by atoms with Crippen LogP contribution in [-0.4, -0.2) is 49.3 Å². The van der Waals surface area contributed by atoms with Crippen LogP contribution in [0, 0.1) is 0 Å². The molecule has 1 atom stereocenters. The van der Waals surface area contributed by atoms with Crippen molar-refractivity contribution in [3.63, 3.8) is 0 Å². The molecule has 1 unspecified atom stereocenters. The average Bonchev–Trinajstić information content (AvgIpc) is 2.83. The Bertz CT molecular complexity index is 1100. The van der Waals surface area contributed by atoms with Crippen molar-refractivity contribution < 1.29 is 9.00 Å². The number of carbonyl (C=O) groups is 1. The zero-order valence-electron chi connectivity index (χ0n) is 18.5. The Kier molecular flexibility index (Phi) is 7.72. The summed E-state index contributed by atoms with van der Waals surface area (Å²) in [6.45, 7) is 4.84. The van der Waals surface area contributed by atoms with E-state index in [-0.39, 0.29) is 0 Å². The van der Waals surface area contributed by atoms with Gasteiger partial charge in [-0.05, 0) is 42.6 Å². The van der Waals surface area contributed by atoms with E-state index in [1.807, 2.05) is 66.5 Å². The van der Waals surface area contributed by atoms with Crippen molar-refractivity contribution in [1.29, 1.82) is 0 Å². The number of pyridine rings is 1. The number of anilines is 3. The van der Waals surface area contributed by atoms with Gasteiger partial charge in [-0.2, -0.15) is 0 Å². The van der Waals surface area contributed by atoms with Crippen LogP contribution in [0.25, 0.3) is 0 Å². The molecule has 0 bridgehead atoms. The predicted octanol–water partition coefficient (Wildman–Crippen LogP) is 3.84. The topological polar surface area (TPSA) is 69.1 Å². The van der Waals surface area contributed by atoms with Crippen molar-refractivity contribution in [3.8, 4) is 0 Å². The molecule has 1 heterocycles. The van der Waals surface area contributed by atoms with E-state index in [4.69, 9.17) is 0 Å². The Labute approximate surface area is 191 Å². The first kappa shape index (κ1) is 23.1. The van der Waals surface area contributed by atoms with E-state index >= 15 is 0 Å². The predicted molar refractivity (Wildman–Crippen MR) is 133 cm³/mol. The van der Waals surface area contributed by atoms with E-state index in [1.54, 1.807) is 25.7 Å². The number of hydrogen-bond acceptors (Lipinski definition) is 6. The van der Waals surface area contributed by atoms with Gasteiger partial charge in [-0.15, -0.1) is 0 Å². The number of aromatic nitrogens is 1. The number of carbonyl (C=O) groups excluding carboxylic acids is 1. The maximum Gasteiger partial charge on any atom is 0.213 e. The molecule has 3 aromatic rings. The molecule has 0 aliphatic rings. The molecule has 8 heteroatoms. The van der Waals surface area contributed by atoms with Crippen molar-refractivity contribution in [2.75, 3.05) is 41.7 Å². The summed E-state index contributed by atoms with van der Waals surface area (Å²) in [6.07, 6.45) is 5.86. The fourth-order valence-corrected chi connectivity index (χ4v) is 3.96. The lowest BCUT2D eigenvalue weighted by Gasteiger charge is -2.33. The van der Waals surface area contributed by atoms with Gasteiger partial charge in [0.1, 0.15) is 0 Å². The van der Waals surface area contributed by atoms with Gasteiger partial charge in [0, 0.05) is 48.8 Å². The molecule has 0 fully saturated rings. The minimum absolute atomic E-state index is 0.513. The molecule has 0 aliphatic heterocycles. The summed E-state index contributed by atoms with van der Waals surface area (Å²) < 4.78 is 11.7. The summed E-state index contributed by atoms with van der Waals surface area (Å²) in [7, 11) is 2.66. The highest BCUT2D eigenvalue weighted by Crippen LogP contribution is 2.32. The third kappa shape index (κ3) is 5.39. The van der Waals surface area contributed by atoms with Gasteiger partial charge in [0.15, 0.2) is 0 Å². The smallest absolute Gasteiger partial charge is 0.213 e. The van der Waals surface area contributed by atoms with Gasteiger partial charge >= 0.3 is 0 Å². The molecule has 0 saturated carbocycles. The summed E-state index contributed by atoms with van der Waals surface area (Å²) in [5.41, 5.74) is 4.38. The molecule has 1 amide bonds. The molecule has 166 valence electrons. The molecule has 0 aliphatic carbocycles. The molecular weight excluding hydrogens is 422 g/mol. The van der Waals surface area contributed by atoms with E-state index in [0.29, 0.717) is 13.2 Å². The second-order valence-electron chi connectivity index (χ2n) is 7.36. The molecule has 2 aromatic carbocycles. The SMILES string of the molecule is C=Nc1ccccc1N(Cc1ccc(S(C)=O)cc1)CN(C)c1cnccc1N(C)C=O. The van der Waals surface area contributed by atoms with Crippen LogP contribution in [0.1, 0.15) is 5.56 Å². The average molecular weight is 450 g/mol. The second-order valence-corrected chi connectivity index (χ2v) is 8.74. The Morgan fingerprint density at radius 2 is 1.75 bits per heavy atom. The van der Waals surface area contributed by atoms with Gasteiger partial charge in [0.25, 0.3) is 0 Å². The number of benzene rings is 2. The number of rotatable bonds is 10. The number of amides is 1. The normalized spacial score (nSPS) is 11.5. The third-order valence-electron chi connectivity index (χ3n) is 5.13. The van der Waals surface area contributed by atoms with Gasteiger partial charge < -0.3 is 14.7 Å². The van der Waals surface area contributed by atoms with E-state index in [0.717, 1.165) is 39.6 Å². The standard InChI is InChI=1S/C24H27N5O2S/c1-25-21-7-5-6-8-22(21)29(16-19-9-11-20(12-10-19)32(4)31)17-27(2)24-15-26-14-13-23(24)28(3)18-30/h5-15,18H,1,16-17H2,2-4H3. The fourth-order valence-electron chi connectivity index (χ4n) is 3.44. The molecule has 7 nitrogen and oxygen atoms in total. The van der Waals surface area contributed by atoms with Crippen LogP contribution < -0.4 is 14.7 Å². The summed E-state index contributed by atoms with van der Waals surface area (Å²) in [4.78, 5) is 26.3. The minimum atomic E-state index is -1.02. The van der Waals surface area contributed by atoms with Crippen LogP contribution in [0.3, 0.4) is 0 Å². The van der Waals surface area contributed by atoms with Crippen LogP contribution in [-0.2, 0) is 22.1 Å². The maximum absolute atomic E-state index is 11.7. The number of aliphatic imine (C=N–C) groups is 1. The second kappa shape index (κ2) is 10.7. The van der Waals surface area contributed by atoms with Gasteiger partial charge in [-0.3, -0.25) is 19.0 Å². The third-order valence-corrected chi connectivity index (χ3v) is 6.07. The molecule has 0 N–H and O–H groups in total. The molecule has 0 spiro atoms. The maximum atomic E-state index is 11.7. The summed E-state index contributed by atoms with van der Waals surface area (Å²) >= 11 is 0. The Morgan fingerprint density at radius 3 is 2.41 bits per heavy atom. The fraction of sp³-hybridized carbons (Fsp3) is 0.208. The van der Waals surface area contributed by atoms with Crippen LogP contribution in [0.4, 0.5) is 22.7 Å². The molecule has 32 heavy (non-hydrogen) atoms. The van der Waals surface area contributed by atoms with E-state index in [9.17, 15) is 9.00 Å². The van der Waals surface area contributed by atoms with Crippen molar-refractivity contribution in [3.05, 3.63) is 72.6 Å². The zero-order valence-corrected chi connectivity index (χ0v) is 19.3. The van der Waals surface area contributed by atoms with Crippen molar-refractivity contribution in [1.82, 2.24) is 4.98 Å². The van der Waals surface area contributed by atoms with E-state index < -0.39 is 10.8 Å². The minimum Gasteiger partial charge on any atom is -0.354 e. The lowest BCUT2D eigenvalue weighted by molar-refractivity contribution is -0.107. The van der Waals surface area contributed by atoms with Crippen molar-refractivity contribution >= 4 is 46.7 Å². The first-order chi connectivity index (χ1) is 15.4. The quantitative estimate of drug-likeness (QED) is 0.267. The van der Waals surface area contributed by atoms with E-state index in [1.165, 1.54) is 4.90 Å². The monoisotopic (exact) mass is 449 g/mol. The van der Waals surface area contributed by atoms with Gasteiger partial charge in [-0.1, -0.05) is 24.3 Å². The lowest BCUT2D eigenvalue weighted by Crippen LogP contribution is -2.36. The van der Waals surface area contributed by atoms with Crippen LogP contribution >= 0.6 is 0 Å². The molecule has 0 radical (unpaired) electrons. The van der Waals surface area contributed by atoms with Gasteiger partial charge in [0.05, 0.1) is 35.6 Å². The summed E-state index contributed by atoms with van der Waals surface area (Å²) in [5.74, 6) is 0. The highest BCUT2D eigenvalue weighted by atomic mass is 32.2. The number of nitrogens with zero attached hydrogens (tertiary/aromatic N) is 5. The molecule has 3 rings (SSSR count). The molecule has 0 saturated heterocycles. The summed E-state index contributed by atoms with van der Waals surface area (Å²) in [6, 6.07) is 17.4. The Balaban J connectivity index is 1.95. The van der Waals surface area contributed by atoms with E-state index in [2.05, 4.69) is 21.6 Å². The van der Waals surface area contributed by atoms with Crippen molar-refractivity contribution in [2.45, 2.75) is 11.4 Å². The highest BCUT2D eigenvalue weighted by Gasteiger charge is 2.17. The molecular formula is C24H27N5O2S. The highest BCUT2D eigenvalue weighted by molar-refractivity contribution is 7.84. The zero-order chi connectivity index (χ0) is 23.1. The van der Waals surface area contributed by atoms with Gasteiger partial charge in [0.2, 0.25) is 6.41 Å². The Morgan fingerprint density at radius 1 is 1.03 bits per heavy atom.